The summed E-state index contributed by atoms with van der Waals surface area (Å²) in [6, 6.07) is 0. The lowest BCUT2D eigenvalue weighted by atomic mass is 10.00. The lowest BCUT2D eigenvalue weighted by molar-refractivity contribution is -0.138. The van der Waals surface area contributed by atoms with Gasteiger partial charge in [0.25, 0.3) is 0 Å². The summed E-state index contributed by atoms with van der Waals surface area (Å²) in [6.07, 6.45) is 3.47. The van der Waals surface area contributed by atoms with Crippen molar-refractivity contribution >= 4 is 18.6 Å². The average molecular weight is 160 g/mol. The number of carboxylic acid groups (broad SMARTS) is 1. The maximum absolute atomic E-state index is 10.3. The zero-order valence-corrected chi connectivity index (χ0v) is 6.73. The second kappa shape index (κ2) is 2.82. The first-order chi connectivity index (χ1) is 4.68. The molecular weight excluding hydrogens is 148 g/mol. The minimum atomic E-state index is -0.667. The van der Waals surface area contributed by atoms with Crippen LogP contribution in [0.2, 0.25) is 0 Å². The van der Waals surface area contributed by atoms with Crippen molar-refractivity contribution in [3.63, 3.8) is 0 Å². The maximum Gasteiger partial charge on any atom is 0.303 e. The van der Waals surface area contributed by atoms with Gasteiger partial charge < -0.3 is 5.11 Å². The molecule has 1 saturated carbocycles. The van der Waals surface area contributed by atoms with Crippen molar-refractivity contribution in [2.45, 2.75) is 25.7 Å². The molecule has 0 spiro atoms. The molecule has 1 aliphatic rings. The molecule has 0 aromatic rings. The normalized spacial score (nSPS) is 20.5. The predicted molar refractivity (Wildman–Crippen MR) is 42.4 cm³/mol. The molecule has 1 rings (SSSR count). The van der Waals surface area contributed by atoms with Gasteiger partial charge >= 0.3 is 5.97 Å². The highest BCUT2D eigenvalue weighted by Crippen LogP contribution is 2.51. The molecule has 0 bridgehead atoms. The van der Waals surface area contributed by atoms with Gasteiger partial charge in [0.2, 0.25) is 0 Å². The zero-order chi connectivity index (χ0) is 7.61. The Bertz CT molecular complexity index is 141. The summed E-state index contributed by atoms with van der Waals surface area (Å²) in [5.74, 6) is 0.145. The van der Waals surface area contributed by atoms with Gasteiger partial charge in [0.05, 0.1) is 6.42 Å². The largest absolute Gasteiger partial charge is 0.481 e. The predicted octanol–water partition coefficient (Wildman–Crippen LogP) is 1.56. The van der Waals surface area contributed by atoms with Gasteiger partial charge in [-0.3, -0.25) is 4.79 Å². The second-order valence-electron chi connectivity index (χ2n) is 3.04. The molecule has 1 aliphatic carbocycles. The zero-order valence-electron chi connectivity index (χ0n) is 5.84. The Hall–Kier alpha value is -0.180. The van der Waals surface area contributed by atoms with Crippen LogP contribution in [-0.2, 0) is 4.79 Å². The molecule has 1 N–H and O–H groups in total. The summed E-state index contributed by atoms with van der Waals surface area (Å²) in [5.41, 5.74) is 0.146. The molecule has 0 aliphatic heterocycles. The number of hydrogen-bond acceptors (Lipinski definition) is 2. The van der Waals surface area contributed by atoms with E-state index < -0.39 is 5.97 Å². The van der Waals surface area contributed by atoms with Crippen molar-refractivity contribution < 1.29 is 9.90 Å². The fraction of sp³-hybridized carbons (Fsp3) is 0.857. The maximum atomic E-state index is 10.3. The molecule has 0 atom stereocenters. The first-order valence-corrected chi connectivity index (χ1v) is 4.14. The van der Waals surface area contributed by atoms with Crippen molar-refractivity contribution in [1.29, 1.82) is 0 Å². The minimum absolute atomic E-state index is 0.146. The molecule has 0 aromatic carbocycles. The highest BCUT2D eigenvalue weighted by atomic mass is 32.1. The Kier molecular flexibility index (Phi) is 2.24. The van der Waals surface area contributed by atoms with Gasteiger partial charge in [-0.15, -0.1) is 0 Å². The van der Waals surface area contributed by atoms with E-state index in [0.29, 0.717) is 6.42 Å². The van der Waals surface area contributed by atoms with E-state index in [2.05, 4.69) is 12.6 Å². The molecule has 0 amide bonds. The van der Waals surface area contributed by atoms with Gasteiger partial charge in [-0.2, -0.15) is 12.6 Å². The lowest BCUT2D eigenvalue weighted by Gasteiger charge is -2.08. The lowest BCUT2D eigenvalue weighted by Crippen LogP contribution is -2.08. The molecule has 0 unspecified atom stereocenters. The van der Waals surface area contributed by atoms with Crippen LogP contribution in [-0.4, -0.2) is 16.8 Å². The van der Waals surface area contributed by atoms with Crippen molar-refractivity contribution in [3.8, 4) is 0 Å². The highest BCUT2D eigenvalue weighted by Gasteiger charge is 2.43. The number of aliphatic carboxylic acids is 1. The summed E-state index contributed by atoms with van der Waals surface area (Å²) in [7, 11) is 0. The molecule has 0 heterocycles. The molecule has 58 valence electrons. The van der Waals surface area contributed by atoms with E-state index >= 15 is 0 Å². The van der Waals surface area contributed by atoms with Crippen molar-refractivity contribution in [2.24, 2.45) is 5.41 Å². The standard InChI is InChI=1S/C7H12O2S/c8-6(9)5-7(1-2-7)3-4-10/h10H,1-5H2,(H,8,9). The first kappa shape index (κ1) is 7.92. The van der Waals surface area contributed by atoms with Gasteiger partial charge in [-0.1, -0.05) is 0 Å². The van der Waals surface area contributed by atoms with Crippen molar-refractivity contribution in [3.05, 3.63) is 0 Å². The van der Waals surface area contributed by atoms with E-state index in [1.54, 1.807) is 0 Å². The number of hydrogen-bond donors (Lipinski definition) is 2. The molecule has 2 nitrogen and oxygen atoms in total. The SMILES string of the molecule is O=C(O)CC1(CCS)CC1. The van der Waals surface area contributed by atoms with E-state index in [-0.39, 0.29) is 5.41 Å². The summed E-state index contributed by atoms with van der Waals surface area (Å²) in [5, 5.41) is 8.49. The number of rotatable bonds is 4. The van der Waals surface area contributed by atoms with Crippen LogP contribution in [0.5, 0.6) is 0 Å². The Morgan fingerprint density at radius 2 is 2.20 bits per heavy atom. The van der Waals surface area contributed by atoms with Crippen molar-refractivity contribution in [2.75, 3.05) is 5.75 Å². The fourth-order valence-electron chi connectivity index (χ4n) is 1.25. The van der Waals surface area contributed by atoms with E-state index in [1.807, 2.05) is 0 Å². The Balaban J connectivity index is 2.30. The number of carbonyl (C=O) groups is 1. The summed E-state index contributed by atoms with van der Waals surface area (Å²) < 4.78 is 0. The third-order valence-corrected chi connectivity index (χ3v) is 2.35. The van der Waals surface area contributed by atoms with Crippen LogP contribution < -0.4 is 0 Å². The molecule has 0 aromatic heterocycles. The van der Waals surface area contributed by atoms with Crippen LogP contribution >= 0.6 is 12.6 Å². The fourth-order valence-corrected chi connectivity index (χ4v) is 1.72. The van der Waals surface area contributed by atoms with E-state index in [4.69, 9.17) is 5.11 Å². The summed E-state index contributed by atoms with van der Waals surface area (Å²) in [6.45, 7) is 0. The third-order valence-electron chi connectivity index (χ3n) is 2.13. The van der Waals surface area contributed by atoms with Gasteiger partial charge in [-0.05, 0) is 30.4 Å². The van der Waals surface area contributed by atoms with Crippen LogP contribution in [0.3, 0.4) is 0 Å². The van der Waals surface area contributed by atoms with Gasteiger partial charge in [0.15, 0.2) is 0 Å². The van der Waals surface area contributed by atoms with Crippen LogP contribution in [0, 0.1) is 5.41 Å². The Morgan fingerprint density at radius 1 is 1.60 bits per heavy atom. The molecule has 10 heavy (non-hydrogen) atoms. The second-order valence-corrected chi connectivity index (χ2v) is 3.49. The molecular formula is C7H12O2S. The minimum Gasteiger partial charge on any atom is -0.481 e. The number of thiol groups is 1. The number of carboxylic acids is 1. The quantitative estimate of drug-likeness (QED) is 0.612. The van der Waals surface area contributed by atoms with Crippen LogP contribution in [0.1, 0.15) is 25.7 Å². The van der Waals surface area contributed by atoms with Gasteiger partial charge in [0.1, 0.15) is 0 Å². The van der Waals surface area contributed by atoms with E-state index in [0.717, 1.165) is 25.0 Å². The highest BCUT2D eigenvalue weighted by molar-refractivity contribution is 7.80. The topological polar surface area (TPSA) is 37.3 Å². The first-order valence-electron chi connectivity index (χ1n) is 3.51. The third kappa shape index (κ3) is 1.90. The molecule has 0 radical (unpaired) electrons. The van der Waals surface area contributed by atoms with Crippen LogP contribution in [0.25, 0.3) is 0 Å². The monoisotopic (exact) mass is 160 g/mol. The van der Waals surface area contributed by atoms with Gasteiger partial charge in [-0.25, -0.2) is 0 Å². The Labute approximate surface area is 66.0 Å². The Morgan fingerprint density at radius 3 is 2.50 bits per heavy atom. The molecule has 1 fully saturated rings. The summed E-state index contributed by atoms with van der Waals surface area (Å²) in [4.78, 5) is 10.3. The molecule has 0 saturated heterocycles. The van der Waals surface area contributed by atoms with Crippen LogP contribution in [0.4, 0.5) is 0 Å². The molecule has 3 heteroatoms. The summed E-state index contributed by atoms with van der Waals surface area (Å²) >= 11 is 4.08. The van der Waals surface area contributed by atoms with Crippen molar-refractivity contribution in [1.82, 2.24) is 0 Å². The van der Waals surface area contributed by atoms with Gasteiger partial charge in [0, 0.05) is 0 Å². The van der Waals surface area contributed by atoms with E-state index in [9.17, 15) is 4.79 Å². The van der Waals surface area contributed by atoms with E-state index in [1.165, 1.54) is 0 Å². The van der Waals surface area contributed by atoms with Crippen LogP contribution in [0.15, 0.2) is 0 Å². The average Bonchev–Trinajstić information content (AvgIpc) is 2.47. The smallest absolute Gasteiger partial charge is 0.303 e.